The molecule has 0 aliphatic heterocycles. The molecule has 0 heterocycles. The number of hydrazine groups is 1. The molecule has 1 rings (SSSR count). The molecule has 1 aliphatic rings. The van der Waals surface area contributed by atoms with Crippen LogP contribution in [0.4, 0.5) is 0 Å². The van der Waals surface area contributed by atoms with Crippen molar-refractivity contribution in [2.45, 2.75) is 6.17 Å². The Bertz CT molecular complexity index is 186. The molecule has 0 aromatic rings. The Morgan fingerprint density at radius 1 is 1.67 bits per heavy atom. The highest BCUT2D eigenvalue weighted by molar-refractivity contribution is 5.31. The zero-order chi connectivity index (χ0) is 6.69. The molecule has 0 saturated heterocycles. The summed E-state index contributed by atoms with van der Waals surface area (Å²) in [5.41, 5.74) is 11.7. The second-order valence-electron chi connectivity index (χ2n) is 1.77. The van der Waals surface area contributed by atoms with Crippen molar-refractivity contribution in [2.75, 3.05) is 0 Å². The maximum atomic E-state index is 5.47. The van der Waals surface area contributed by atoms with Crippen LogP contribution in [0.1, 0.15) is 0 Å². The van der Waals surface area contributed by atoms with Gasteiger partial charge in [0.15, 0.2) is 0 Å². The van der Waals surface area contributed by atoms with Gasteiger partial charge in [-0.05, 0) is 12.2 Å². The van der Waals surface area contributed by atoms with Gasteiger partial charge in [0.1, 0.15) is 6.17 Å². The number of hydrogen-bond donors (Lipinski definition) is 3. The maximum absolute atomic E-state index is 5.47. The maximum Gasteiger partial charge on any atom is 0.101 e. The van der Waals surface area contributed by atoms with E-state index in [0.29, 0.717) is 0 Å². The lowest BCUT2D eigenvalue weighted by Gasteiger charge is -2.06. The molecule has 1 aliphatic carbocycles. The van der Waals surface area contributed by atoms with Crippen LogP contribution in [-0.4, -0.2) is 6.17 Å². The summed E-state index contributed by atoms with van der Waals surface area (Å²) in [7, 11) is 0. The molecule has 3 heteroatoms. The van der Waals surface area contributed by atoms with Crippen LogP contribution in [-0.2, 0) is 0 Å². The largest absolute Gasteiger partial charge is 0.311 e. The van der Waals surface area contributed by atoms with Gasteiger partial charge in [-0.15, -0.1) is 5.73 Å². The molecule has 5 N–H and O–H groups in total. The van der Waals surface area contributed by atoms with Gasteiger partial charge in [-0.2, -0.15) is 0 Å². The van der Waals surface area contributed by atoms with Gasteiger partial charge in [-0.3, -0.25) is 5.84 Å². The van der Waals surface area contributed by atoms with Crippen molar-refractivity contribution in [3.05, 3.63) is 29.5 Å². The van der Waals surface area contributed by atoms with E-state index in [9.17, 15) is 0 Å². The van der Waals surface area contributed by atoms with Crippen LogP contribution >= 0.6 is 0 Å². The van der Waals surface area contributed by atoms with Gasteiger partial charge in [-0.25, -0.2) is 5.43 Å². The Morgan fingerprint density at radius 2 is 2.44 bits per heavy atom. The van der Waals surface area contributed by atoms with Crippen LogP contribution in [0.2, 0.25) is 0 Å². The topological polar surface area (TPSA) is 64.1 Å². The fourth-order valence-electron chi connectivity index (χ4n) is 0.627. The molecule has 3 nitrogen and oxygen atoms in total. The SMILES string of the molecule is NNC(N)C1=C=CC=C1. The van der Waals surface area contributed by atoms with Gasteiger partial charge in [0, 0.05) is 5.57 Å². The van der Waals surface area contributed by atoms with E-state index in [1.54, 1.807) is 6.08 Å². The van der Waals surface area contributed by atoms with Crippen LogP contribution in [0.15, 0.2) is 29.5 Å². The fraction of sp³-hybridized carbons (Fsp3) is 0.167. The van der Waals surface area contributed by atoms with Crippen LogP contribution in [0.3, 0.4) is 0 Å². The monoisotopic (exact) mass is 123 g/mol. The number of nitrogens with two attached hydrogens (primary N) is 2. The quantitative estimate of drug-likeness (QED) is 0.198. The van der Waals surface area contributed by atoms with Gasteiger partial charge in [0.2, 0.25) is 0 Å². The average Bonchev–Trinajstić information content (AvgIpc) is 2.37. The Balaban J connectivity index is 2.63. The Kier molecular flexibility index (Phi) is 1.82. The summed E-state index contributed by atoms with van der Waals surface area (Å²) in [6.45, 7) is 0. The van der Waals surface area contributed by atoms with Crippen molar-refractivity contribution in [3.63, 3.8) is 0 Å². The smallest absolute Gasteiger partial charge is 0.101 e. The number of allylic oxidation sites excluding steroid dienone is 1. The standard InChI is InChI=1S/C6H9N3/c7-6(9-8)5-3-1-2-4-5/h1-3,6,9H,7-8H2. The molecule has 0 spiro atoms. The van der Waals surface area contributed by atoms with Gasteiger partial charge < -0.3 is 5.73 Å². The molecule has 9 heavy (non-hydrogen) atoms. The molecule has 48 valence electrons. The number of hydrogen-bond acceptors (Lipinski definition) is 3. The van der Waals surface area contributed by atoms with Gasteiger partial charge in [-0.1, -0.05) is 6.08 Å². The van der Waals surface area contributed by atoms with Crippen molar-refractivity contribution in [1.29, 1.82) is 0 Å². The highest BCUT2D eigenvalue weighted by atomic mass is 15.3. The van der Waals surface area contributed by atoms with E-state index >= 15 is 0 Å². The van der Waals surface area contributed by atoms with Gasteiger partial charge >= 0.3 is 0 Å². The lowest BCUT2D eigenvalue weighted by Crippen LogP contribution is -2.42. The van der Waals surface area contributed by atoms with Gasteiger partial charge in [0.05, 0.1) is 0 Å². The third kappa shape index (κ3) is 1.28. The van der Waals surface area contributed by atoms with E-state index in [-0.39, 0.29) is 6.17 Å². The normalized spacial score (nSPS) is 18.2. The molecule has 1 atom stereocenters. The van der Waals surface area contributed by atoms with E-state index in [4.69, 9.17) is 11.6 Å². The van der Waals surface area contributed by atoms with E-state index in [1.165, 1.54) is 0 Å². The molecular formula is C6H9N3. The van der Waals surface area contributed by atoms with E-state index < -0.39 is 0 Å². The van der Waals surface area contributed by atoms with Crippen molar-refractivity contribution in [3.8, 4) is 0 Å². The molecule has 0 aromatic carbocycles. The zero-order valence-electron chi connectivity index (χ0n) is 4.96. The van der Waals surface area contributed by atoms with Crippen LogP contribution in [0, 0.1) is 0 Å². The van der Waals surface area contributed by atoms with E-state index in [2.05, 4.69) is 11.2 Å². The van der Waals surface area contributed by atoms with Crippen molar-refractivity contribution in [2.24, 2.45) is 11.6 Å². The summed E-state index contributed by atoms with van der Waals surface area (Å²) in [6.07, 6.45) is 5.24. The van der Waals surface area contributed by atoms with E-state index in [0.717, 1.165) is 5.57 Å². The Hall–Kier alpha value is -0.860. The second-order valence-corrected chi connectivity index (χ2v) is 1.77. The first-order valence-electron chi connectivity index (χ1n) is 2.69. The summed E-state index contributed by atoms with van der Waals surface area (Å²) >= 11 is 0. The minimum Gasteiger partial charge on any atom is -0.311 e. The van der Waals surface area contributed by atoms with Crippen molar-refractivity contribution < 1.29 is 0 Å². The van der Waals surface area contributed by atoms with Crippen LogP contribution in [0.5, 0.6) is 0 Å². The summed E-state index contributed by atoms with van der Waals surface area (Å²) in [5, 5.41) is 0. The van der Waals surface area contributed by atoms with Crippen molar-refractivity contribution >= 4 is 0 Å². The first kappa shape index (κ1) is 6.26. The van der Waals surface area contributed by atoms with Gasteiger partial charge in [0.25, 0.3) is 0 Å². The Labute approximate surface area is 53.7 Å². The summed E-state index contributed by atoms with van der Waals surface area (Å²) in [5.74, 6) is 5.07. The molecule has 0 fully saturated rings. The lowest BCUT2D eigenvalue weighted by atomic mass is 10.2. The third-order valence-electron chi connectivity index (χ3n) is 1.14. The first-order chi connectivity index (χ1) is 4.34. The predicted octanol–water partition coefficient (Wildman–Crippen LogP) is -0.614. The second kappa shape index (κ2) is 2.62. The minimum absolute atomic E-state index is 0.292. The van der Waals surface area contributed by atoms with Crippen LogP contribution < -0.4 is 17.0 Å². The lowest BCUT2D eigenvalue weighted by molar-refractivity contribution is 0.626. The molecule has 0 radical (unpaired) electrons. The molecule has 0 saturated carbocycles. The zero-order valence-corrected chi connectivity index (χ0v) is 4.96. The summed E-state index contributed by atoms with van der Waals surface area (Å²) < 4.78 is 0. The van der Waals surface area contributed by atoms with E-state index in [1.807, 2.05) is 12.2 Å². The highest BCUT2D eigenvalue weighted by Gasteiger charge is 2.02. The molecule has 0 amide bonds. The fourth-order valence-corrected chi connectivity index (χ4v) is 0.627. The third-order valence-corrected chi connectivity index (χ3v) is 1.14. The highest BCUT2D eigenvalue weighted by Crippen LogP contribution is 2.01. The van der Waals surface area contributed by atoms with Crippen molar-refractivity contribution in [1.82, 2.24) is 5.43 Å². The first-order valence-corrected chi connectivity index (χ1v) is 2.69. The average molecular weight is 123 g/mol. The number of rotatable bonds is 2. The molecule has 0 aromatic heterocycles. The molecular weight excluding hydrogens is 114 g/mol. The molecule has 0 bridgehead atoms. The summed E-state index contributed by atoms with van der Waals surface area (Å²) in [4.78, 5) is 0. The molecule has 1 unspecified atom stereocenters. The Morgan fingerprint density at radius 3 is 2.89 bits per heavy atom. The predicted molar refractivity (Wildman–Crippen MR) is 36.0 cm³/mol. The number of nitrogens with one attached hydrogen (secondary N) is 1. The van der Waals surface area contributed by atoms with Crippen LogP contribution in [0.25, 0.3) is 0 Å². The summed E-state index contributed by atoms with van der Waals surface area (Å²) in [6, 6.07) is 0. The minimum atomic E-state index is -0.292.